The molecule has 0 bridgehead atoms. The molecule has 0 atom stereocenters. The molecule has 0 heterocycles. The predicted octanol–water partition coefficient (Wildman–Crippen LogP) is 2.65. The van der Waals surface area contributed by atoms with Gasteiger partial charge in [0.05, 0.1) is 10.6 Å². The Morgan fingerprint density at radius 1 is 1.13 bits per heavy atom. The minimum atomic E-state index is -4.61. The smallest absolute Gasteiger partial charge is 0.296 e. The first kappa shape index (κ1) is 16.7. The van der Waals surface area contributed by atoms with E-state index in [-0.39, 0.29) is 5.69 Å². The molecule has 2 aromatic carbocycles. The average molecular weight is 337 g/mol. The molecule has 23 heavy (non-hydrogen) atoms. The normalized spacial score (nSPS) is 11.1. The fourth-order valence-corrected chi connectivity index (χ4v) is 2.61. The van der Waals surface area contributed by atoms with Crippen LogP contribution in [0, 0.1) is 10.1 Å². The van der Waals surface area contributed by atoms with Crippen LogP contribution in [0.1, 0.15) is 0 Å². The molecule has 122 valence electrons. The highest BCUT2D eigenvalue weighted by atomic mass is 32.2. The maximum atomic E-state index is 11.4. The van der Waals surface area contributed by atoms with Crippen molar-refractivity contribution in [3.05, 3.63) is 52.6 Å². The van der Waals surface area contributed by atoms with Crippen LogP contribution in [0.4, 0.5) is 22.7 Å². The minimum Gasteiger partial charge on any atom is -0.378 e. The van der Waals surface area contributed by atoms with Crippen LogP contribution in [0.25, 0.3) is 0 Å². The van der Waals surface area contributed by atoms with Gasteiger partial charge in [0.1, 0.15) is 4.90 Å². The molecule has 0 aliphatic rings. The molecule has 0 aliphatic heterocycles. The number of nitrogens with zero attached hydrogens (tertiary/aromatic N) is 2. The molecule has 0 saturated heterocycles. The van der Waals surface area contributed by atoms with Crippen molar-refractivity contribution in [2.75, 3.05) is 24.3 Å². The van der Waals surface area contributed by atoms with Crippen LogP contribution < -0.4 is 10.2 Å². The lowest BCUT2D eigenvalue weighted by molar-refractivity contribution is -0.385. The summed E-state index contributed by atoms with van der Waals surface area (Å²) < 4.78 is 32.2. The fraction of sp³-hybridized carbons (Fsp3) is 0.143. The lowest BCUT2D eigenvalue weighted by Gasteiger charge is -2.14. The second kappa shape index (κ2) is 6.23. The van der Waals surface area contributed by atoms with E-state index < -0.39 is 25.6 Å². The number of hydrogen-bond acceptors (Lipinski definition) is 6. The van der Waals surface area contributed by atoms with E-state index in [9.17, 15) is 23.1 Å². The largest absolute Gasteiger partial charge is 0.378 e. The second-order valence-corrected chi connectivity index (χ2v) is 6.37. The lowest BCUT2D eigenvalue weighted by Crippen LogP contribution is -2.08. The molecule has 2 aromatic rings. The van der Waals surface area contributed by atoms with E-state index in [0.717, 1.165) is 17.8 Å². The van der Waals surface area contributed by atoms with Crippen molar-refractivity contribution >= 4 is 32.9 Å². The van der Waals surface area contributed by atoms with Crippen molar-refractivity contribution in [3.8, 4) is 0 Å². The molecule has 0 radical (unpaired) electrons. The van der Waals surface area contributed by atoms with Gasteiger partial charge in [-0.15, -0.1) is 0 Å². The summed E-state index contributed by atoms with van der Waals surface area (Å²) in [7, 11) is -0.838. The lowest BCUT2D eigenvalue weighted by atomic mass is 10.2. The molecule has 0 unspecified atom stereocenters. The van der Waals surface area contributed by atoms with Gasteiger partial charge in [-0.25, -0.2) is 0 Å². The number of nitrogens with one attached hydrogen (secondary N) is 1. The Hall–Kier alpha value is -2.65. The van der Waals surface area contributed by atoms with Crippen LogP contribution >= 0.6 is 0 Å². The number of hydrogen-bond donors (Lipinski definition) is 2. The van der Waals surface area contributed by atoms with Gasteiger partial charge in [-0.05, 0) is 30.3 Å². The number of nitro benzene ring substituents is 1. The van der Waals surface area contributed by atoms with Crippen molar-refractivity contribution in [3.63, 3.8) is 0 Å². The van der Waals surface area contributed by atoms with Gasteiger partial charge in [-0.2, -0.15) is 8.42 Å². The third-order valence-corrected chi connectivity index (χ3v) is 4.01. The Morgan fingerprint density at radius 3 is 2.22 bits per heavy atom. The molecule has 0 spiro atoms. The Labute approximate surface area is 133 Å². The molecule has 2 N–H and O–H groups in total. The first-order chi connectivity index (χ1) is 10.7. The van der Waals surface area contributed by atoms with Crippen molar-refractivity contribution in [1.29, 1.82) is 0 Å². The Kier molecular flexibility index (Phi) is 4.52. The van der Waals surface area contributed by atoms with E-state index in [4.69, 9.17) is 0 Å². The zero-order chi connectivity index (χ0) is 17.2. The zero-order valence-electron chi connectivity index (χ0n) is 12.4. The summed E-state index contributed by atoms with van der Waals surface area (Å²) in [6.45, 7) is 0. The van der Waals surface area contributed by atoms with Gasteiger partial charge in [-0.1, -0.05) is 0 Å². The quantitative estimate of drug-likeness (QED) is 0.490. The van der Waals surface area contributed by atoms with Crippen LogP contribution in [0.2, 0.25) is 0 Å². The predicted molar refractivity (Wildman–Crippen MR) is 87.0 cm³/mol. The van der Waals surface area contributed by atoms with E-state index in [0.29, 0.717) is 5.69 Å². The topological polar surface area (TPSA) is 113 Å². The van der Waals surface area contributed by atoms with Crippen LogP contribution in [0.3, 0.4) is 0 Å². The molecule has 0 aliphatic carbocycles. The highest BCUT2D eigenvalue weighted by Crippen LogP contribution is 2.29. The third kappa shape index (κ3) is 3.96. The summed E-state index contributed by atoms with van der Waals surface area (Å²) >= 11 is 0. The van der Waals surface area contributed by atoms with Crippen LogP contribution in [0.5, 0.6) is 0 Å². The summed E-state index contributed by atoms with van der Waals surface area (Å²) in [6, 6.07) is 10.3. The van der Waals surface area contributed by atoms with E-state index in [1.165, 1.54) is 6.07 Å². The van der Waals surface area contributed by atoms with Crippen LogP contribution in [-0.4, -0.2) is 32.0 Å². The Balaban J connectivity index is 2.41. The van der Waals surface area contributed by atoms with Crippen molar-refractivity contribution in [1.82, 2.24) is 0 Å². The minimum absolute atomic E-state index is 0.0516. The van der Waals surface area contributed by atoms with Gasteiger partial charge < -0.3 is 10.2 Å². The summed E-state index contributed by atoms with van der Waals surface area (Å²) in [4.78, 5) is 11.4. The summed E-state index contributed by atoms with van der Waals surface area (Å²) in [6.07, 6.45) is 0. The van der Waals surface area contributed by atoms with E-state index in [1.807, 2.05) is 31.1 Å². The maximum Gasteiger partial charge on any atom is 0.296 e. The molecule has 0 fully saturated rings. The van der Waals surface area contributed by atoms with Gasteiger partial charge in [0.2, 0.25) is 0 Å². The maximum absolute atomic E-state index is 11.4. The number of benzene rings is 2. The molecule has 0 aromatic heterocycles. The highest BCUT2D eigenvalue weighted by Gasteiger charge is 2.20. The number of non-ortho nitro benzene ring substituents is 1. The van der Waals surface area contributed by atoms with Crippen molar-refractivity contribution in [2.24, 2.45) is 0 Å². The molecule has 2 rings (SSSR count). The Morgan fingerprint density at radius 2 is 1.74 bits per heavy atom. The fourth-order valence-electron chi connectivity index (χ4n) is 1.94. The van der Waals surface area contributed by atoms with Crippen molar-refractivity contribution in [2.45, 2.75) is 4.90 Å². The second-order valence-electron chi connectivity index (χ2n) is 4.98. The number of rotatable bonds is 5. The summed E-state index contributed by atoms with van der Waals surface area (Å²) in [5.41, 5.74) is 1.16. The first-order valence-corrected chi connectivity index (χ1v) is 7.93. The van der Waals surface area contributed by atoms with Gasteiger partial charge in [0.25, 0.3) is 15.8 Å². The molecular formula is C14H15N3O5S. The monoisotopic (exact) mass is 337 g/mol. The van der Waals surface area contributed by atoms with Gasteiger partial charge in [0.15, 0.2) is 0 Å². The van der Waals surface area contributed by atoms with Gasteiger partial charge >= 0.3 is 0 Å². The highest BCUT2D eigenvalue weighted by molar-refractivity contribution is 7.86. The van der Waals surface area contributed by atoms with Gasteiger partial charge in [-0.3, -0.25) is 14.7 Å². The van der Waals surface area contributed by atoms with E-state index >= 15 is 0 Å². The first-order valence-electron chi connectivity index (χ1n) is 6.49. The van der Waals surface area contributed by atoms with Crippen LogP contribution in [0.15, 0.2) is 47.4 Å². The molecule has 0 saturated carbocycles. The van der Waals surface area contributed by atoms with E-state index in [2.05, 4.69) is 5.32 Å². The Bertz CT molecular complexity index is 832. The van der Waals surface area contributed by atoms with E-state index in [1.54, 1.807) is 12.1 Å². The van der Waals surface area contributed by atoms with Crippen LogP contribution in [-0.2, 0) is 10.1 Å². The number of nitro groups is 1. The zero-order valence-corrected chi connectivity index (χ0v) is 13.2. The molecule has 0 amide bonds. The molecular weight excluding hydrogens is 322 g/mol. The average Bonchev–Trinajstić information content (AvgIpc) is 2.46. The molecule has 9 heteroatoms. The number of anilines is 3. The standard InChI is InChI=1S/C14H15N3O5S/c1-16(2)11-5-3-10(4-6-11)15-13-8-7-12(17(18)19)9-14(13)23(20,21)22/h3-9,15H,1-2H3,(H,20,21,22). The molecule has 8 nitrogen and oxygen atoms in total. The summed E-state index contributed by atoms with van der Waals surface area (Å²) in [5, 5.41) is 13.6. The van der Waals surface area contributed by atoms with Gasteiger partial charge in [0, 0.05) is 37.6 Å². The SMILES string of the molecule is CN(C)c1ccc(Nc2ccc([N+](=O)[O-])cc2S(=O)(=O)O)cc1. The third-order valence-electron chi connectivity index (χ3n) is 3.12. The van der Waals surface area contributed by atoms with Crippen molar-refractivity contribution < 1.29 is 17.9 Å². The summed E-state index contributed by atoms with van der Waals surface area (Å²) in [5.74, 6) is 0.